The fourth-order valence-electron chi connectivity index (χ4n) is 2.58. The number of fused-ring (bicyclic) bond motifs is 1. The summed E-state index contributed by atoms with van der Waals surface area (Å²) >= 11 is 0. The predicted octanol–water partition coefficient (Wildman–Crippen LogP) is 3.09. The van der Waals surface area contributed by atoms with Crippen LogP contribution in [0.15, 0.2) is 48.5 Å². The smallest absolute Gasteiger partial charge is 0.161 e. The Morgan fingerprint density at radius 2 is 1.50 bits per heavy atom. The summed E-state index contributed by atoms with van der Waals surface area (Å²) in [6.45, 7) is 3.64. The number of benzene rings is 2. The second-order valence-electron chi connectivity index (χ2n) is 4.98. The molecule has 1 aliphatic rings. The van der Waals surface area contributed by atoms with Crippen molar-refractivity contribution in [1.29, 1.82) is 0 Å². The maximum atomic E-state index is 5.82. The van der Waals surface area contributed by atoms with E-state index in [1.165, 1.54) is 11.1 Å². The number of para-hydroxylation sites is 2. The summed E-state index contributed by atoms with van der Waals surface area (Å²) in [6, 6.07) is 16.4. The molecule has 2 aromatic rings. The standard InChI is InChI=1S/C17H19NO2/c1-19-16-8-4-5-9-17(16)20-11-10-18-12-14-6-2-3-7-15(14)13-18/h2-9H,10-13H2,1H3. The number of hydrogen-bond donors (Lipinski definition) is 0. The second-order valence-corrected chi connectivity index (χ2v) is 4.98. The predicted molar refractivity (Wildman–Crippen MR) is 79.0 cm³/mol. The van der Waals surface area contributed by atoms with E-state index in [2.05, 4.69) is 29.2 Å². The lowest BCUT2D eigenvalue weighted by molar-refractivity contribution is 0.206. The maximum Gasteiger partial charge on any atom is 0.161 e. The topological polar surface area (TPSA) is 21.7 Å². The van der Waals surface area contributed by atoms with Gasteiger partial charge in [0.2, 0.25) is 0 Å². The Morgan fingerprint density at radius 3 is 2.15 bits per heavy atom. The molecule has 0 bridgehead atoms. The summed E-state index contributed by atoms with van der Waals surface area (Å²) in [6.07, 6.45) is 0. The van der Waals surface area contributed by atoms with E-state index in [-0.39, 0.29) is 0 Å². The van der Waals surface area contributed by atoms with Crippen LogP contribution >= 0.6 is 0 Å². The van der Waals surface area contributed by atoms with Crippen LogP contribution in [0.4, 0.5) is 0 Å². The molecule has 0 spiro atoms. The molecule has 2 aromatic carbocycles. The van der Waals surface area contributed by atoms with E-state index in [1.54, 1.807) is 7.11 Å². The van der Waals surface area contributed by atoms with E-state index in [4.69, 9.17) is 9.47 Å². The first-order valence-corrected chi connectivity index (χ1v) is 6.92. The van der Waals surface area contributed by atoms with Gasteiger partial charge in [0.15, 0.2) is 11.5 Å². The molecule has 20 heavy (non-hydrogen) atoms. The first-order valence-electron chi connectivity index (χ1n) is 6.92. The second kappa shape index (κ2) is 5.97. The van der Waals surface area contributed by atoms with E-state index >= 15 is 0 Å². The summed E-state index contributed by atoms with van der Waals surface area (Å²) in [7, 11) is 1.67. The Bertz CT molecular complexity index is 558. The lowest BCUT2D eigenvalue weighted by Gasteiger charge is -2.16. The average molecular weight is 269 g/mol. The SMILES string of the molecule is COc1ccccc1OCCN1Cc2ccccc2C1. The van der Waals surface area contributed by atoms with Crippen LogP contribution in [0, 0.1) is 0 Å². The van der Waals surface area contributed by atoms with E-state index in [0.717, 1.165) is 31.1 Å². The zero-order valence-electron chi connectivity index (χ0n) is 11.7. The fourth-order valence-corrected chi connectivity index (χ4v) is 2.58. The quantitative estimate of drug-likeness (QED) is 0.832. The number of hydrogen-bond acceptors (Lipinski definition) is 3. The van der Waals surface area contributed by atoms with Gasteiger partial charge < -0.3 is 9.47 Å². The molecule has 1 heterocycles. The lowest BCUT2D eigenvalue weighted by atomic mass is 10.1. The van der Waals surface area contributed by atoms with Crippen molar-refractivity contribution in [2.75, 3.05) is 20.3 Å². The molecule has 0 atom stereocenters. The molecule has 0 N–H and O–H groups in total. The third-order valence-electron chi connectivity index (χ3n) is 3.64. The van der Waals surface area contributed by atoms with Gasteiger partial charge in [-0.15, -0.1) is 0 Å². The molecule has 0 saturated heterocycles. The maximum absolute atomic E-state index is 5.82. The zero-order valence-corrected chi connectivity index (χ0v) is 11.7. The number of rotatable bonds is 5. The van der Waals surface area contributed by atoms with E-state index in [0.29, 0.717) is 6.61 Å². The Kier molecular flexibility index (Phi) is 3.88. The summed E-state index contributed by atoms with van der Waals surface area (Å²) in [5.74, 6) is 1.60. The van der Waals surface area contributed by atoms with E-state index < -0.39 is 0 Å². The first kappa shape index (κ1) is 13.0. The average Bonchev–Trinajstić information content (AvgIpc) is 2.90. The van der Waals surface area contributed by atoms with Gasteiger partial charge in [-0.25, -0.2) is 0 Å². The van der Waals surface area contributed by atoms with Crippen molar-refractivity contribution < 1.29 is 9.47 Å². The molecule has 104 valence electrons. The van der Waals surface area contributed by atoms with Gasteiger partial charge in [-0.3, -0.25) is 4.90 Å². The molecule has 0 fully saturated rings. The van der Waals surface area contributed by atoms with Crippen LogP contribution in [0.5, 0.6) is 11.5 Å². The number of methoxy groups -OCH3 is 1. The third-order valence-corrected chi connectivity index (χ3v) is 3.64. The van der Waals surface area contributed by atoms with Gasteiger partial charge in [-0.1, -0.05) is 36.4 Å². The van der Waals surface area contributed by atoms with Crippen LogP contribution in [0.3, 0.4) is 0 Å². The van der Waals surface area contributed by atoms with Crippen molar-refractivity contribution in [3.63, 3.8) is 0 Å². The molecule has 0 saturated carbocycles. The van der Waals surface area contributed by atoms with E-state index in [9.17, 15) is 0 Å². The van der Waals surface area contributed by atoms with Crippen molar-refractivity contribution in [2.24, 2.45) is 0 Å². The molecule has 0 unspecified atom stereocenters. The van der Waals surface area contributed by atoms with Gasteiger partial charge >= 0.3 is 0 Å². The van der Waals surface area contributed by atoms with Crippen LogP contribution in [0.25, 0.3) is 0 Å². The molecule has 3 heteroatoms. The van der Waals surface area contributed by atoms with Gasteiger partial charge in [0.25, 0.3) is 0 Å². The molecule has 0 amide bonds. The summed E-state index contributed by atoms with van der Waals surface area (Å²) in [4.78, 5) is 2.40. The minimum absolute atomic E-state index is 0.675. The summed E-state index contributed by atoms with van der Waals surface area (Å²) in [5.41, 5.74) is 2.87. The Balaban J connectivity index is 1.52. The van der Waals surface area contributed by atoms with Gasteiger partial charge in [0, 0.05) is 19.6 Å². The number of nitrogens with zero attached hydrogens (tertiary/aromatic N) is 1. The molecule has 0 aliphatic carbocycles. The molecule has 1 aliphatic heterocycles. The monoisotopic (exact) mass is 269 g/mol. The fraction of sp³-hybridized carbons (Fsp3) is 0.294. The highest BCUT2D eigenvalue weighted by Gasteiger charge is 2.17. The normalized spacial score (nSPS) is 14.1. The number of ether oxygens (including phenoxy) is 2. The zero-order chi connectivity index (χ0) is 13.8. The lowest BCUT2D eigenvalue weighted by Crippen LogP contribution is -2.23. The van der Waals surface area contributed by atoms with Gasteiger partial charge in [-0.05, 0) is 23.3 Å². The van der Waals surface area contributed by atoms with Crippen molar-refractivity contribution in [3.05, 3.63) is 59.7 Å². The van der Waals surface area contributed by atoms with E-state index in [1.807, 2.05) is 24.3 Å². The van der Waals surface area contributed by atoms with Crippen molar-refractivity contribution >= 4 is 0 Å². The van der Waals surface area contributed by atoms with Crippen molar-refractivity contribution in [2.45, 2.75) is 13.1 Å². The molecule has 0 aromatic heterocycles. The van der Waals surface area contributed by atoms with Crippen molar-refractivity contribution in [1.82, 2.24) is 4.90 Å². The van der Waals surface area contributed by atoms with Crippen LogP contribution < -0.4 is 9.47 Å². The van der Waals surface area contributed by atoms with Gasteiger partial charge in [-0.2, -0.15) is 0 Å². The minimum Gasteiger partial charge on any atom is -0.493 e. The Morgan fingerprint density at radius 1 is 0.900 bits per heavy atom. The first-order chi connectivity index (χ1) is 9.86. The van der Waals surface area contributed by atoms with Gasteiger partial charge in [0.1, 0.15) is 6.61 Å². The highest BCUT2D eigenvalue weighted by Crippen LogP contribution is 2.26. The Hall–Kier alpha value is -2.00. The highest BCUT2D eigenvalue weighted by molar-refractivity contribution is 5.39. The highest BCUT2D eigenvalue weighted by atomic mass is 16.5. The van der Waals surface area contributed by atoms with Crippen LogP contribution in [-0.2, 0) is 13.1 Å². The third kappa shape index (κ3) is 2.78. The summed E-state index contributed by atoms with van der Waals surface area (Å²) < 4.78 is 11.1. The summed E-state index contributed by atoms with van der Waals surface area (Å²) in [5, 5.41) is 0. The molecule has 0 radical (unpaired) electrons. The molecule has 3 rings (SSSR count). The van der Waals surface area contributed by atoms with Gasteiger partial charge in [0.05, 0.1) is 7.11 Å². The molecule has 3 nitrogen and oxygen atoms in total. The van der Waals surface area contributed by atoms with Crippen LogP contribution in [-0.4, -0.2) is 25.2 Å². The molecular weight excluding hydrogens is 250 g/mol. The molecular formula is C17H19NO2. The minimum atomic E-state index is 0.675. The Labute approximate surface area is 119 Å². The van der Waals surface area contributed by atoms with Crippen LogP contribution in [0.1, 0.15) is 11.1 Å². The van der Waals surface area contributed by atoms with Crippen molar-refractivity contribution in [3.8, 4) is 11.5 Å². The van der Waals surface area contributed by atoms with Crippen LogP contribution in [0.2, 0.25) is 0 Å². The largest absolute Gasteiger partial charge is 0.493 e.